The fourth-order valence-electron chi connectivity index (χ4n) is 7.29. The Bertz CT molecular complexity index is 1470. The SMILES string of the molecule is Cc1cc([C@H]2C3=CC[C@@H]4C(=O)N(C(N)=O)C(=O)[C@@H]4[C@@H]3C[C@H]3C(=O)N(c4ccccc4)C(=O)[C@@]23C)ccc1O. The van der Waals surface area contributed by atoms with E-state index < -0.39 is 52.8 Å². The van der Waals surface area contributed by atoms with Crippen LogP contribution in [0.4, 0.5) is 10.5 Å². The van der Waals surface area contributed by atoms with Gasteiger partial charge in [0.2, 0.25) is 23.6 Å². The Hall–Kier alpha value is -4.27. The van der Waals surface area contributed by atoms with Crippen LogP contribution >= 0.6 is 0 Å². The van der Waals surface area contributed by atoms with Crippen molar-refractivity contribution in [3.05, 3.63) is 71.3 Å². The van der Waals surface area contributed by atoms with Gasteiger partial charge in [-0.05, 0) is 61.9 Å². The molecular formula is C29H27N3O6. The van der Waals surface area contributed by atoms with E-state index in [0.717, 1.165) is 11.1 Å². The van der Waals surface area contributed by atoms with E-state index in [4.69, 9.17) is 5.73 Å². The van der Waals surface area contributed by atoms with Crippen LogP contribution in [0.3, 0.4) is 0 Å². The van der Waals surface area contributed by atoms with Crippen LogP contribution < -0.4 is 10.6 Å². The van der Waals surface area contributed by atoms with Crippen molar-refractivity contribution >= 4 is 35.3 Å². The number of allylic oxidation sites excluding steroid dienone is 2. The quantitative estimate of drug-likeness (QED) is 0.468. The summed E-state index contributed by atoms with van der Waals surface area (Å²) in [7, 11) is 0. The standard InChI is InChI=1S/C29H27N3O6/c1-14-12-15(8-11-21(14)33)23-17-9-10-18-22(26(36)32(24(18)34)28(30)38)19(17)13-20-25(35)31(27(37)29(20,23)2)16-6-4-3-5-7-16/h3-9,11-12,18-20,22-23,33H,10,13H2,1-2H3,(H2,30,38)/t18-,19+,20-,22-,23-,29+/m0/s1. The Balaban J connectivity index is 1.54. The number of carbonyl (C=O) groups is 5. The van der Waals surface area contributed by atoms with Crippen molar-refractivity contribution in [1.29, 1.82) is 0 Å². The molecule has 2 saturated heterocycles. The molecular weight excluding hydrogens is 486 g/mol. The van der Waals surface area contributed by atoms with Crippen LogP contribution in [0.15, 0.2) is 60.2 Å². The van der Waals surface area contributed by atoms with E-state index in [1.54, 1.807) is 62.4 Å². The third-order valence-corrected chi connectivity index (χ3v) is 9.06. The number of hydrogen-bond acceptors (Lipinski definition) is 6. The van der Waals surface area contributed by atoms with Gasteiger partial charge < -0.3 is 10.8 Å². The van der Waals surface area contributed by atoms with Gasteiger partial charge in [-0.3, -0.25) is 19.2 Å². The van der Waals surface area contributed by atoms with E-state index in [-0.39, 0.29) is 30.4 Å². The number of phenols is 1. The van der Waals surface area contributed by atoms with Crippen molar-refractivity contribution in [3.63, 3.8) is 0 Å². The minimum atomic E-state index is -1.17. The zero-order valence-corrected chi connectivity index (χ0v) is 21.0. The molecule has 2 heterocycles. The maximum atomic E-state index is 14.2. The second-order valence-electron chi connectivity index (χ2n) is 10.9. The van der Waals surface area contributed by atoms with Gasteiger partial charge >= 0.3 is 6.03 Å². The maximum absolute atomic E-state index is 14.2. The van der Waals surface area contributed by atoms with Crippen molar-refractivity contribution in [2.24, 2.45) is 34.8 Å². The summed E-state index contributed by atoms with van der Waals surface area (Å²) in [6.07, 6.45) is 2.32. The van der Waals surface area contributed by atoms with Gasteiger partial charge in [-0.25, -0.2) is 9.69 Å². The van der Waals surface area contributed by atoms with E-state index in [1.807, 2.05) is 6.08 Å². The van der Waals surface area contributed by atoms with Crippen molar-refractivity contribution in [1.82, 2.24) is 4.90 Å². The first kappa shape index (κ1) is 24.1. The summed E-state index contributed by atoms with van der Waals surface area (Å²) in [4.78, 5) is 68.2. The molecule has 3 fully saturated rings. The predicted molar refractivity (Wildman–Crippen MR) is 135 cm³/mol. The number of nitrogens with two attached hydrogens (primary N) is 1. The number of carbonyl (C=O) groups excluding carboxylic acids is 5. The molecule has 0 unspecified atom stereocenters. The van der Waals surface area contributed by atoms with E-state index in [2.05, 4.69) is 0 Å². The Kier molecular flexibility index (Phi) is 5.14. The third kappa shape index (κ3) is 3.01. The number of imide groups is 4. The molecule has 0 radical (unpaired) electrons. The average molecular weight is 514 g/mol. The smallest absolute Gasteiger partial charge is 0.328 e. The van der Waals surface area contributed by atoms with E-state index in [9.17, 15) is 29.1 Å². The van der Waals surface area contributed by atoms with Gasteiger partial charge in [0.25, 0.3) is 0 Å². The molecule has 1 saturated carbocycles. The normalized spacial score (nSPS) is 32.2. The third-order valence-electron chi connectivity index (χ3n) is 9.06. The van der Waals surface area contributed by atoms with E-state index in [0.29, 0.717) is 16.2 Å². The summed E-state index contributed by atoms with van der Waals surface area (Å²) in [5.41, 5.74) is 6.84. The molecule has 9 nitrogen and oxygen atoms in total. The Labute approximate surface area is 218 Å². The number of hydrogen-bond donors (Lipinski definition) is 2. The molecule has 9 heteroatoms. The molecule has 194 valence electrons. The van der Waals surface area contributed by atoms with Crippen LogP contribution in [0.25, 0.3) is 0 Å². The summed E-state index contributed by atoms with van der Waals surface area (Å²) in [6.45, 7) is 3.56. The predicted octanol–water partition coefficient (Wildman–Crippen LogP) is 3.01. The number of aryl methyl sites for hydroxylation is 1. The number of fused-ring (bicyclic) bond motifs is 4. The first-order chi connectivity index (χ1) is 18.1. The molecule has 2 aromatic rings. The highest BCUT2D eigenvalue weighted by Gasteiger charge is 2.67. The van der Waals surface area contributed by atoms with E-state index in [1.165, 1.54) is 4.90 Å². The molecule has 3 N–H and O–H groups in total. The molecule has 0 bridgehead atoms. The fraction of sp³-hybridized carbons (Fsp3) is 0.345. The lowest BCUT2D eigenvalue weighted by Crippen LogP contribution is -2.49. The van der Waals surface area contributed by atoms with Gasteiger partial charge in [-0.2, -0.15) is 4.90 Å². The molecule has 6 atom stereocenters. The minimum Gasteiger partial charge on any atom is -0.508 e. The molecule has 38 heavy (non-hydrogen) atoms. The minimum absolute atomic E-state index is 0.105. The van der Waals surface area contributed by atoms with Crippen LogP contribution in [0.1, 0.15) is 36.8 Å². The molecule has 0 aromatic heterocycles. The molecule has 2 aliphatic carbocycles. The van der Waals surface area contributed by atoms with Gasteiger partial charge in [0.05, 0.1) is 28.9 Å². The average Bonchev–Trinajstić information content (AvgIpc) is 3.26. The second kappa shape index (κ2) is 8.11. The fourth-order valence-corrected chi connectivity index (χ4v) is 7.29. The topological polar surface area (TPSA) is 138 Å². The van der Waals surface area contributed by atoms with Crippen LogP contribution in [-0.4, -0.2) is 39.7 Å². The molecule has 6 rings (SSSR count). The number of anilines is 1. The Morgan fingerprint density at radius 2 is 1.71 bits per heavy atom. The molecule has 0 spiro atoms. The number of aromatic hydroxyl groups is 1. The molecule has 6 amide bonds. The van der Waals surface area contributed by atoms with Gasteiger partial charge in [-0.15, -0.1) is 0 Å². The van der Waals surface area contributed by atoms with Crippen molar-refractivity contribution in [3.8, 4) is 5.75 Å². The Morgan fingerprint density at radius 1 is 1.00 bits per heavy atom. The largest absolute Gasteiger partial charge is 0.508 e. The molecule has 2 aliphatic heterocycles. The zero-order chi connectivity index (χ0) is 27.1. The number of nitrogens with zero attached hydrogens (tertiary/aromatic N) is 2. The number of benzene rings is 2. The first-order valence-electron chi connectivity index (χ1n) is 12.7. The van der Waals surface area contributed by atoms with Crippen LogP contribution in [-0.2, 0) is 19.2 Å². The van der Waals surface area contributed by atoms with Gasteiger partial charge in [0.15, 0.2) is 0 Å². The van der Waals surface area contributed by atoms with Gasteiger partial charge in [-0.1, -0.05) is 42.0 Å². The molecule has 2 aromatic carbocycles. The van der Waals surface area contributed by atoms with Crippen molar-refractivity contribution < 1.29 is 29.1 Å². The maximum Gasteiger partial charge on any atom is 0.328 e. The second-order valence-corrected chi connectivity index (χ2v) is 10.9. The first-order valence-corrected chi connectivity index (χ1v) is 12.7. The summed E-state index contributed by atoms with van der Waals surface area (Å²) in [5.74, 6) is -5.30. The van der Waals surface area contributed by atoms with Crippen LogP contribution in [0.5, 0.6) is 5.75 Å². The number of urea groups is 1. The van der Waals surface area contributed by atoms with Crippen LogP contribution in [0.2, 0.25) is 0 Å². The number of primary amides is 1. The lowest BCUT2D eigenvalue weighted by Gasteiger charge is -2.49. The van der Waals surface area contributed by atoms with Crippen molar-refractivity contribution in [2.45, 2.75) is 32.6 Å². The lowest BCUT2D eigenvalue weighted by atomic mass is 9.51. The monoisotopic (exact) mass is 513 g/mol. The number of likely N-dealkylation sites (tertiary alicyclic amines) is 1. The highest BCUT2D eigenvalue weighted by atomic mass is 16.3. The number of para-hydroxylation sites is 1. The molecule has 4 aliphatic rings. The summed E-state index contributed by atoms with van der Waals surface area (Å²) >= 11 is 0. The van der Waals surface area contributed by atoms with Gasteiger partial charge in [0, 0.05) is 5.92 Å². The number of rotatable bonds is 2. The van der Waals surface area contributed by atoms with Gasteiger partial charge in [0.1, 0.15) is 5.75 Å². The number of amides is 6. The van der Waals surface area contributed by atoms with Crippen LogP contribution in [0, 0.1) is 36.0 Å². The highest BCUT2D eigenvalue weighted by Crippen LogP contribution is 2.63. The van der Waals surface area contributed by atoms with Crippen molar-refractivity contribution in [2.75, 3.05) is 4.90 Å². The number of phenolic OH excluding ortho intramolecular Hbond substituents is 1. The zero-order valence-electron chi connectivity index (χ0n) is 21.0. The highest BCUT2D eigenvalue weighted by molar-refractivity contribution is 6.24. The summed E-state index contributed by atoms with van der Waals surface area (Å²) in [6, 6.07) is 12.7. The Morgan fingerprint density at radius 3 is 2.37 bits per heavy atom. The summed E-state index contributed by atoms with van der Waals surface area (Å²) < 4.78 is 0. The van der Waals surface area contributed by atoms with E-state index >= 15 is 0 Å². The lowest BCUT2D eigenvalue weighted by molar-refractivity contribution is -0.136. The summed E-state index contributed by atoms with van der Waals surface area (Å²) in [5, 5.41) is 10.2.